The predicted molar refractivity (Wildman–Crippen MR) is 83.0 cm³/mol. The number of carbonyl (C=O) groups is 3. The summed E-state index contributed by atoms with van der Waals surface area (Å²) in [6.45, 7) is 0.809. The summed E-state index contributed by atoms with van der Waals surface area (Å²) < 4.78 is 0. The lowest BCUT2D eigenvalue weighted by atomic mass is 10.0. The third-order valence-corrected chi connectivity index (χ3v) is 3.75. The molecule has 0 saturated carbocycles. The molecule has 7 nitrogen and oxygen atoms in total. The van der Waals surface area contributed by atoms with E-state index in [1.54, 1.807) is 0 Å². The van der Waals surface area contributed by atoms with Gasteiger partial charge in [-0.3, -0.25) is 9.59 Å². The maximum Gasteiger partial charge on any atom is 0.337 e. The third kappa shape index (κ3) is 4.53. The zero-order valence-corrected chi connectivity index (χ0v) is 12.9. The van der Waals surface area contributed by atoms with Gasteiger partial charge in [-0.1, -0.05) is 12.1 Å². The van der Waals surface area contributed by atoms with E-state index >= 15 is 0 Å². The third-order valence-electron chi connectivity index (χ3n) is 3.75. The van der Waals surface area contributed by atoms with Crippen LogP contribution in [0.1, 0.15) is 30.9 Å². The molecular weight excluding hydrogens is 300 g/mol. The summed E-state index contributed by atoms with van der Waals surface area (Å²) in [5.74, 6) is -1.69. The number of fused-ring (bicyclic) bond motifs is 1. The van der Waals surface area contributed by atoms with Crippen molar-refractivity contribution in [3.63, 3.8) is 0 Å². The number of anilines is 1. The molecule has 0 aromatic heterocycles. The van der Waals surface area contributed by atoms with Crippen LogP contribution in [0.3, 0.4) is 0 Å². The number of rotatable bonds is 7. The minimum Gasteiger partial charge on any atom is -0.479 e. The SMILES string of the molecule is CC(O)(CNC(=O)CCCc1ccc2c(c1)CC(=O)N2)C(=O)O. The second-order valence-corrected chi connectivity index (χ2v) is 5.93. The standard InChI is InChI=1S/C16H20N2O5/c1-16(23,15(21)22)9-17-13(19)4-2-3-10-5-6-12-11(7-10)8-14(20)18-12/h5-7,23H,2-4,8-9H2,1H3,(H,17,19)(H,18,20)(H,21,22). The Bertz CT molecular complexity index is 639. The maximum absolute atomic E-state index is 11.7. The van der Waals surface area contributed by atoms with Gasteiger partial charge in [0.25, 0.3) is 0 Å². The largest absolute Gasteiger partial charge is 0.479 e. The van der Waals surface area contributed by atoms with Crippen molar-refractivity contribution in [3.05, 3.63) is 29.3 Å². The Balaban J connectivity index is 1.75. The molecule has 0 radical (unpaired) electrons. The van der Waals surface area contributed by atoms with Gasteiger partial charge in [-0.25, -0.2) is 4.79 Å². The molecule has 2 amide bonds. The van der Waals surface area contributed by atoms with Crippen LogP contribution in [0.15, 0.2) is 18.2 Å². The smallest absolute Gasteiger partial charge is 0.337 e. The molecular formula is C16H20N2O5. The average molecular weight is 320 g/mol. The Kier molecular flexibility index (Phi) is 5.00. The zero-order chi connectivity index (χ0) is 17.0. The highest BCUT2D eigenvalue weighted by Crippen LogP contribution is 2.24. The molecule has 1 aliphatic heterocycles. The molecule has 124 valence electrons. The molecule has 7 heteroatoms. The number of carboxylic acid groups (broad SMARTS) is 1. The first-order valence-electron chi connectivity index (χ1n) is 7.42. The molecule has 1 unspecified atom stereocenters. The molecule has 0 bridgehead atoms. The van der Waals surface area contributed by atoms with Crippen LogP contribution in [0, 0.1) is 0 Å². The Morgan fingerprint density at radius 1 is 1.39 bits per heavy atom. The minimum atomic E-state index is -1.96. The van der Waals surface area contributed by atoms with Crippen LogP contribution in [0.2, 0.25) is 0 Å². The number of aliphatic hydroxyl groups is 1. The van der Waals surface area contributed by atoms with E-state index in [-0.39, 0.29) is 24.8 Å². The summed E-state index contributed by atoms with van der Waals surface area (Å²) in [6.07, 6.45) is 1.91. The van der Waals surface area contributed by atoms with Crippen molar-refractivity contribution in [2.75, 3.05) is 11.9 Å². The van der Waals surface area contributed by atoms with Gasteiger partial charge in [0.15, 0.2) is 5.60 Å². The minimum absolute atomic E-state index is 0.0120. The van der Waals surface area contributed by atoms with Gasteiger partial charge in [0.1, 0.15) is 0 Å². The summed E-state index contributed by atoms with van der Waals surface area (Å²) >= 11 is 0. The highest BCUT2D eigenvalue weighted by molar-refractivity contribution is 5.99. The van der Waals surface area contributed by atoms with Gasteiger partial charge in [0, 0.05) is 12.1 Å². The Hall–Kier alpha value is -2.41. The van der Waals surface area contributed by atoms with E-state index in [2.05, 4.69) is 10.6 Å². The first-order valence-corrected chi connectivity index (χ1v) is 7.42. The number of hydrogen-bond donors (Lipinski definition) is 4. The molecule has 1 aromatic rings. The Morgan fingerprint density at radius 2 is 2.13 bits per heavy atom. The van der Waals surface area contributed by atoms with Gasteiger partial charge in [0.2, 0.25) is 11.8 Å². The van der Waals surface area contributed by atoms with E-state index in [1.807, 2.05) is 18.2 Å². The molecule has 1 aromatic carbocycles. The fourth-order valence-corrected chi connectivity index (χ4v) is 2.33. The quantitative estimate of drug-likeness (QED) is 0.582. The fraction of sp³-hybridized carbons (Fsp3) is 0.438. The number of nitrogens with one attached hydrogen (secondary N) is 2. The van der Waals surface area contributed by atoms with Crippen LogP contribution >= 0.6 is 0 Å². The molecule has 0 aliphatic carbocycles. The Labute approximate surface area is 133 Å². The van der Waals surface area contributed by atoms with Crippen LogP contribution < -0.4 is 10.6 Å². The van der Waals surface area contributed by atoms with Gasteiger partial charge in [0.05, 0.1) is 13.0 Å². The van der Waals surface area contributed by atoms with Gasteiger partial charge >= 0.3 is 5.97 Å². The second kappa shape index (κ2) is 6.78. The first kappa shape index (κ1) is 17.0. The lowest BCUT2D eigenvalue weighted by molar-refractivity contribution is -0.156. The lowest BCUT2D eigenvalue weighted by Crippen LogP contribution is -2.46. The van der Waals surface area contributed by atoms with Crippen molar-refractivity contribution in [1.29, 1.82) is 0 Å². The van der Waals surface area contributed by atoms with E-state index < -0.39 is 11.6 Å². The predicted octanol–water partition coefficient (Wildman–Crippen LogP) is 0.456. The second-order valence-electron chi connectivity index (χ2n) is 5.93. The van der Waals surface area contributed by atoms with Crippen LogP contribution in [0.4, 0.5) is 5.69 Å². The van der Waals surface area contributed by atoms with Crippen molar-refractivity contribution in [3.8, 4) is 0 Å². The number of amides is 2. The van der Waals surface area contributed by atoms with Crippen molar-refractivity contribution in [2.45, 2.75) is 38.2 Å². The number of aliphatic carboxylic acids is 1. The van der Waals surface area contributed by atoms with Crippen molar-refractivity contribution in [1.82, 2.24) is 5.32 Å². The van der Waals surface area contributed by atoms with E-state index in [0.29, 0.717) is 19.3 Å². The molecule has 1 heterocycles. The number of aryl methyl sites for hydroxylation is 1. The van der Waals surface area contributed by atoms with Gasteiger partial charge < -0.3 is 20.8 Å². The van der Waals surface area contributed by atoms with Crippen molar-refractivity contribution >= 4 is 23.5 Å². The fourth-order valence-electron chi connectivity index (χ4n) is 2.33. The topological polar surface area (TPSA) is 116 Å². The van der Waals surface area contributed by atoms with Crippen LogP contribution in [0.5, 0.6) is 0 Å². The van der Waals surface area contributed by atoms with E-state index in [0.717, 1.165) is 23.7 Å². The van der Waals surface area contributed by atoms with Crippen molar-refractivity contribution < 1.29 is 24.6 Å². The number of benzene rings is 1. The van der Waals surface area contributed by atoms with E-state index in [9.17, 15) is 19.5 Å². The highest BCUT2D eigenvalue weighted by atomic mass is 16.4. The normalized spacial score (nSPS) is 15.5. The van der Waals surface area contributed by atoms with E-state index in [4.69, 9.17) is 5.11 Å². The molecule has 1 atom stereocenters. The monoisotopic (exact) mass is 320 g/mol. The summed E-state index contributed by atoms with van der Waals surface area (Å²) in [6, 6.07) is 5.73. The maximum atomic E-state index is 11.7. The Morgan fingerprint density at radius 3 is 2.83 bits per heavy atom. The molecule has 0 spiro atoms. The number of hydrogen-bond acceptors (Lipinski definition) is 4. The molecule has 1 aliphatic rings. The van der Waals surface area contributed by atoms with Gasteiger partial charge in [-0.15, -0.1) is 0 Å². The first-order chi connectivity index (χ1) is 10.8. The molecule has 2 rings (SSSR count). The number of carboxylic acids is 1. The van der Waals surface area contributed by atoms with Crippen LogP contribution in [0.25, 0.3) is 0 Å². The van der Waals surface area contributed by atoms with Crippen LogP contribution in [-0.2, 0) is 27.2 Å². The van der Waals surface area contributed by atoms with Crippen LogP contribution in [-0.4, -0.2) is 40.1 Å². The average Bonchev–Trinajstić information content (AvgIpc) is 2.84. The van der Waals surface area contributed by atoms with Gasteiger partial charge in [-0.05, 0) is 37.0 Å². The molecule has 23 heavy (non-hydrogen) atoms. The van der Waals surface area contributed by atoms with Crippen molar-refractivity contribution in [2.24, 2.45) is 0 Å². The summed E-state index contributed by atoms with van der Waals surface area (Å²) in [5.41, 5.74) is 0.891. The highest BCUT2D eigenvalue weighted by Gasteiger charge is 2.30. The van der Waals surface area contributed by atoms with Gasteiger partial charge in [-0.2, -0.15) is 0 Å². The molecule has 0 fully saturated rings. The zero-order valence-electron chi connectivity index (χ0n) is 12.9. The van der Waals surface area contributed by atoms with E-state index in [1.165, 1.54) is 0 Å². The molecule has 4 N–H and O–H groups in total. The molecule has 0 saturated heterocycles. The summed E-state index contributed by atoms with van der Waals surface area (Å²) in [5, 5.41) is 23.4. The summed E-state index contributed by atoms with van der Waals surface area (Å²) in [7, 11) is 0. The lowest BCUT2D eigenvalue weighted by Gasteiger charge is -2.18. The summed E-state index contributed by atoms with van der Waals surface area (Å²) in [4.78, 5) is 33.7. The number of carbonyl (C=O) groups excluding carboxylic acids is 2.